The zero-order valence-corrected chi connectivity index (χ0v) is 14.5. The van der Waals surface area contributed by atoms with Gasteiger partial charge in [-0.15, -0.1) is 0 Å². The quantitative estimate of drug-likeness (QED) is 0.771. The van der Waals surface area contributed by atoms with Crippen molar-refractivity contribution in [2.24, 2.45) is 5.92 Å². The molecule has 0 bridgehead atoms. The normalized spacial score (nSPS) is 16.8. The van der Waals surface area contributed by atoms with Crippen LogP contribution >= 0.6 is 15.9 Å². The monoisotopic (exact) mass is 338 g/mol. The number of hydrogen-bond acceptors (Lipinski definition) is 2. The first-order valence-corrected chi connectivity index (χ1v) is 8.72. The van der Waals surface area contributed by atoms with Crippen LogP contribution < -0.4 is 10.2 Å². The van der Waals surface area contributed by atoms with Crippen LogP contribution in [-0.2, 0) is 0 Å². The summed E-state index contributed by atoms with van der Waals surface area (Å²) < 4.78 is 1.22. The van der Waals surface area contributed by atoms with Crippen LogP contribution in [0.2, 0.25) is 0 Å². The van der Waals surface area contributed by atoms with Gasteiger partial charge in [0.15, 0.2) is 0 Å². The van der Waals surface area contributed by atoms with E-state index in [2.05, 4.69) is 65.1 Å². The van der Waals surface area contributed by atoms with Gasteiger partial charge in [-0.3, -0.25) is 0 Å². The highest BCUT2D eigenvalue weighted by atomic mass is 79.9. The molecule has 1 N–H and O–H groups in total. The maximum absolute atomic E-state index is 3.75. The molecule has 1 aliphatic rings. The van der Waals surface area contributed by atoms with Gasteiger partial charge >= 0.3 is 0 Å². The van der Waals surface area contributed by atoms with E-state index in [0.717, 1.165) is 19.0 Å². The van der Waals surface area contributed by atoms with Crippen LogP contribution in [0.4, 0.5) is 5.69 Å². The molecule has 1 unspecified atom stereocenters. The van der Waals surface area contributed by atoms with Gasteiger partial charge in [-0.1, -0.05) is 35.3 Å². The van der Waals surface area contributed by atoms with Gasteiger partial charge in [0.05, 0.1) is 0 Å². The van der Waals surface area contributed by atoms with Crippen molar-refractivity contribution < 1.29 is 0 Å². The van der Waals surface area contributed by atoms with E-state index < -0.39 is 0 Å². The minimum atomic E-state index is 0.394. The second kappa shape index (κ2) is 7.46. The number of nitrogens with one attached hydrogen (secondary N) is 1. The van der Waals surface area contributed by atoms with E-state index in [1.807, 2.05) is 0 Å². The number of hydrogen-bond donors (Lipinski definition) is 1. The third-order valence-corrected chi connectivity index (χ3v) is 5.10. The van der Waals surface area contributed by atoms with Crippen LogP contribution in [0.1, 0.15) is 51.6 Å². The highest BCUT2D eigenvalue weighted by Crippen LogP contribution is 2.32. The molecule has 3 heteroatoms. The Balaban J connectivity index is 2.09. The lowest BCUT2D eigenvalue weighted by atomic mass is 9.85. The van der Waals surface area contributed by atoms with Crippen molar-refractivity contribution in [3.05, 3.63) is 28.2 Å². The molecule has 0 heterocycles. The molecular weight excluding hydrogens is 312 g/mol. The molecule has 112 valence electrons. The highest BCUT2D eigenvalue weighted by Gasteiger charge is 2.20. The van der Waals surface area contributed by atoms with Gasteiger partial charge in [0.2, 0.25) is 0 Å². The van der Waals surface area contributed by atoms with E-state index in [9.17, 15) is 0 Å². The van der Waals surface area contributed by atoms with Crippen LogP contribution in [0.15, 0.2) is 22.7 Å². The fraction of sp³-hybridized carbons (Fsp3) is 0.647. The molecule has 0 aliphatic heterocycles. The Kier molecular flexibility index (Phi) is 5.91. The molecule has 1 aliphatic carbocycles. The molecule has 1 fully saturated rings. The molecule has 1 saturated carbocycles. The molecule has 1 aromatic carbocycles. The van der Waals surface area contributed by atoms with Crippen molar-refractivity contribution >= 4 is 21.6 Å². The molecule has 20 heavy (non-hydrogen) atoms. The summed E-state index contributed by atoms with van der Waals surface area (Å²) >= 11 is 3.75. The smallest absolute Gasteiger partial charge is 0.0377 e. The maximum Gasteiger partial charge on any atom is 0.0377 e. The second-order valence-corrected chi connectivity index (χ2v) is 6.68. The summed E-state index contributed by atoms with van der Waals surface area (Å²) in [5.74, 6) is 0.911. The SMILES string of the molecule is CCNC(C)c1ccc(N(CC)CC2CCC2)cc1Br. The Hall–Kier alpha value is -0.540. The van der Waals surface area contributed by atoms with Crippen LogP contribution in [0.25, 0.3) is 0 Å². The molecule has 1 atom stereocenters. The first-order chi connectivity index (χ1) is 9.65. The number of nitrogens with zero attached hydrogens (tertiary/aromatic N) is 1. The Bertz CT molecular complexity index is 429. The Morgan fingerprint density at radius 3 is 2.60 bits per heavy atom. The van der Waals surface area contributed by atoms with Gasteiger partial charge in [-0.05, 0) is 56.8 Å². The van der Waals surface area contributed by atoms with E-state index in [4.69, 9.17) is 0 Å². The molecule has 0 amide bonds. The van der Waals surface area contributed by atoms with Crippen molar-refractivity contribution in [1.29, 1.82) is 0 Å². The van der Waals surface area contributed by atoms with Crippen LogP contribution in [-0.4, -0.2) is 19.6 Å². The summed E-state index contributed by atoms with van der Waals surface area (Å²) in [5, 5.41) is 3.47. The van der Waals surface area contributed by atoms with Gasteiger partial charge in [0.1, 0.15) is 0 Å². The van der Waals surface area contributed by atoms with E-state index in [0.29, 0.717) is 6.04 Å². The van der Waals surface area contributed by atoms with E-state index in [-0.39, 0.29) is 0 Å². The fourth-order valence-corrected chi connectivity index (χ4v) is 3.59. The van der Waals surface area contributed by atoms with Crippen molar-refractivity contribution in [3.8, 4) is 0 Å². The van der Waals surface area contributed by atoms with Gasteiger partial charge in [0.25, 0.3) is 0 Å². The zero-order chi connectivity index (χ0) is 14.5. The number of benzene rings is 1. The third kappa shape index (κ3) is 3.76. The molecule has 1 aromatic rings. The summed E-state index contributed by atoms with van der Waals surface area (Å²) in [6.07, 6.45) is 4.24. The largest absolute Gasteiger partial charge is 0.372 e. The molecule has 0 aromatic heterocycles. The topological polar surface area (TPSA) is 15.3 Å². The van der Waals surface area contributed by atoms with Crippen molar-refractivity contribution in [3.63, 3.8) is 0 Å². The molecule has 2 nitrogen and oxygen atoms in total. The predicted octanol–water partition coefficient (Wildman–Crippen LogP) is 4.75. The maximum atomic E-state index is 3.75. The van der Waals surface area contributed by atoms with Crippen LogP contribution in [0.3, 0.4) is 0 Å². The highest BCUT2D eigenvalue weighted by molar-refractivity contribution is 9.10. The van der Waals surface area contributed by atoms with E-state index >= 15 is 0 Å². The zero-order valence-electron chi connectivity index (χ0n) is 13.0. The molecule has 2 rings (SSSR count). The van der Waals surface area contributed by atoms with E-state index in [1.54, 1.807) is 0 Å². The van der Waals surface area contributed by atoms with Crippen molar-refractivity contribution in [1.82, 2.24) is 5.32 Å². The standard InChI is InChI=1S/C17H27BrN2/c1-4-19-13(3)16-10-9-15(11-17(16)18)20(5-2)12-14-7-6-8-14/h9-11,13-14,19H,4-8,12H2,1-3H3. The Labute approximate surface area is 132 Å². The van der Waals surface area contributed by atoms with Gasteiger partial charge in [0, 0.05) is 29.3 Å². The average molecular weight is 339 g/mol. The predicted molar refractivity (Wildman–Crippen MR) is 91.5 cm³/mol. The van der Waals surface area contributed by atoms with Gasteiger partial charge in [-0.2, -0.15) is 0 Å². The summed E-state index contributed by atoms with van der Waals surface area (Å²) in [6.45, 7) is 9.92. The number of rotatable bonds is 7. The van der Waals surface area contributed by atoms with Gasteiger partial charge in [-0.25, -0.2) is 0 Å². The van der Waals surface area contributed by atoms with E-state index in [1.165, 1.54) is 41.5 Å². The first kappa shape index (κ1) is 15.8. The number of halogens is 1. The lowest BCUT2D eigenvalue weighted by Gasteiger charge is -2.33. The fourth-order valence-electron chi connectivity index (χ4n) is 2.88. The molecular formula is C17H27BrN2. The molecule has 0 radical (unpaired) electrons. The Morgan fingerprint density at radius 2 is 2.10 bits per heavy atom. The average Bonchev–Trinajstić information content (AvgIpc) is 2.38. The van der Waals surface area contributed by atoms with Crippen molar-refractivity contribution in [2.45, 2.75) is 46.1 Å². The van der Waals surface area contributed by atoms with Crippen LogP contribution in [0.5, 0.6) is 0 Å². The van der Waals surface area contributed by atoms with Crippen LogP contribution in [0, 0.1) is 5.92 Å². The summed E-state index contributed by atoms with van der Waals surface area (Å²) in [4.78, 5) is 2.51. The summed E-state index contributed by atoms with van der Waals surface area (Å²) in [7, 11) is 0. The van der Waals surface area contributed by atoms with Crippen molar-refractivity contribution in [2.75, 3.05) is 24.5 Å². The lowest BCUT2D eigenvalue weighted by Crippen LogP contribution is -2.32. The summed E-state index contributed by atoms with van der Waals surface area (Å²) in [5.41, 5.74) is 2.69. The second-order valence-electron chi connectivity index (χ2n) is 5.82. The molecule has 0 spiro atoms. The third-order valence-electron chi connectivity index (χ3n) is 4.41. The molecule has 0 saturated heterocycles. The Morgan fingerprint density at radius 1 is 1.35 bits per heavy atom. The number of anilines is 1. The lowest BCUT2D eigenvalue weighted by molar-refractivity contribution is 0.318. The summed E-state index contributed by atoms with van der Waals surface area (Å²) in [6, 6.07) is 7.21. The first-order valence-electron chi connectivity index (χ1n) is 7.93. The minimum Gasteiger partial charge on any atom is -0.372 e. The van der Waals surface area contributed by atoms with Gasteiger partial charge < -0.3 is 10.2 Å². The minimum absolute atomic E-state index is 0.394.